The third-order valence-electron chi connectivity index (χ3n) is 5.74. The summed E-state index contributed by atoms with van der Waals surface area (Å²) >= 11 is 6.41. The van der Waals surface area contributed by atoms with E-state index in [2.05, 4.69) is 13.8 Å². The predicted octanol–water partition coefficient (Wildman–Crippen LogP) is 9.29. The second kappa shape index (κ2) is 15.9. The summed E-state index contributed by atoms with van der Waals surface area (Å²) in [6.07, 6.45) is 9.71. The average Bonchev–Trinajstić information content (AvgIpc) is 2.81. The maximum atomic E-state index is 12.9. The molecule has 2 rings (SSSR count). The van der Waals surface area contributed by atoms with Gasteiger partial charge in [0.05, 0.1) is 18.8 Å². The highest BCUT2D eigenvalue weighted by molar-refractivity contribution is 6.31. The largest absolute Gasteiger partial charge is 0.489 e. The van der Waals surface area contributed by atoms with E-state index in [1.165, 1.54) is 19.3 Å². The average molecular weight is 521 g/mol. The normalized spacial score (nSPS) is 11.4. The molecule has 0 N–H and O–H groups in total. The van der Waals surface area contributed by atoms with Crippen LogP contribution in [0.1, 0.15) is 106 Å². The topological polar surface area (TPSA) is 54.0 Å². The monoisotopic (exact) mass is 520 g/mol. The minimum absolute atomic E-state index is 0.138. The lowest BCUT2D eigenvalue weighted by Gasteiger charge is -2.24. The van der Waals surface area contributed by atoms with Crippen LogP contribution in [0, 0.1) is 0 Å². The summed E-state index contributed by atoms with van der Waals surface area (Å²) in [5, 5.41) is 2.03. The molecule has 0 unspecified atom stereocenters. The van der Waals surface area contributed by atoms with E-state index in [1.54, 1.807) is 6.07 Å². The number of fused-ring (bicyclic) bond motifs is 1. The highest BCUT2D eigenvalue weighted by atomic mass is 35.5. The molecule has 5 nitrogen and oxygen atoms in total. The van der Waals surface area contributed by atoms with Crippen LogP contribution in [0.2, 0.25) is 5.02 Å². The van der Waals surface area contributed by atoms with Gasteiger partial charge in [0.25, 0.3) is 0 Å². The first-order chi connectivity index (χ1) is 17.3. The van der Waals surface area contributed by atoms with Crippen LogP contribution in [0.3, 0.4) is 0 Å². The number of unbranched alkanes of at least 4 members (excludes halogenated alkanes) is 7. The van der Waals surface area contributed by atoms with Crippen molar-refractivity contribution in [2.24, 2.45) is 0 Å². The fraction of sp³-hybridized carbons (Fsp3) is 0.633. The summed E-state index contributed by atoms with van der Waals surface area (Å²) in [6.45, 7) is 12.7. The Morgan fingerprint density at radius 1 is 0.750 bits per heavy atom. The Labute approximate surface area is 222 Å². The molecular formula is C30H45ClO5. The van der Waals surface area contributed by atoms with Crippen LogP contribution in [0.15, 0.2) is 18.2 Å². The Kier molecular flexibility index (Phi) is 13.3. The van der Waals surface area contributed by atoms with Crippen LogP contribution in [-0.2, 0) is 4.79 Å². The quantitative estimate of drug-likeness (QED) is 0.118. The number of rotatable bonds is 17. The molecule has 0 amide bonds. The number of hydrogen-bond acceptors (Lipinski definition) is 5. The van der Waals surface area contributed by atoms with Gasteiger partial charge in [-0.05, 0) is 58.7 Å². The first-order valence-electron chi connectivity index (χ1n) is 13.7. The molecule has 0 aliphatic heterocycles. The smallest absolute Gasteiger partial charge is 0.311 e. The molecule has 36 heavy (non-hydrogen) atoms. The van der Waals surface area contributed by atoms with Crippen LogP contribution in [0.4, 0.5) is 0 Å². The van der Waals surface area contributed by atoms with E-state index >= 15 is 0 Å². The van der Waals surface area contributed by atoms with E-state index in [9.17, 15) is 4.79 Å². The number of carbonyl (C=O) groups is 1. The minimum atomic E-state index is -0.278. The van der Waals surface area contributed by atoms with Crippen LogP contribution >= 0.6 is 11.6 Å². The molecule has 6 heteroatoms. The van der Waals surface area contributed by atoms with Crippen LogP contribution in [0.25, 0.3) is 10.8 Å². The summed E-state index contributed by atoms with van der Waals surface area (Å²) in [5.41, 5.74) is 0. The maximum absolute atomic E-state index is 12.9. The van der Waals surface area contributed by atoms with Gasteiger partial charge in [0, 0.05) is 22.2 Å². The number of halogens is 1. The SMILES string of the molecule is CCCCCCCC(=O)Oc1c(OC(C)C)c(OC(C)C)c(OCCCCCC)c2cc(Cl)ccc12. The van der Waals surface area contributed by atoms with E-state index in [4.69, 9.17) is 30.5 Å². The number of ether oxygens (including phenoxy) is 4. The molecule has 0 atom stereocenters. The lowest BCUT2D eigenvalue weighted by atomic mass is 10.1. The lowest BCUT2D eigenvalue weighted by molar-refractivity contribution is -0.134. The van der Waals surface area contributed by atoms with Gasteiger partial charge in [0.1, 0.15) is 0 Å². The van der Waals surface area contributed by atoms with E-state index < -0.39 is 0 Å². The van der Waals surface area contributed by atoms with Gasteiger partial charge in [-0.25, -0.2) is 0 Å². The van der Waals surface area contributed by atoms with Crippen LogP contribution in [0.5, 0.6) is 23.0 Å². The molecule has 0 heterocycles. The van der Waals surface area contributed by atoms with E-state index in [-0.39, 0.29) is 18.2 Å². The van der Waals surface area contributed by atoms with Gasteiger partial charge in [0.2, 0.25) is 11.5 Å². The van der Waals surface area contributed by atoms with Crippen molar-refractivity contribution in [3.8, 4) is 23.0 Å². The van der Waals surface area contributed by atoms with Gasteiger partial charge in [-0.1, -0.05) is 70.4 Å². The van der Waals surface area contributed by atoms with Crippen LogP contribution in [-0.4, -0.2) is 24.8 Å². The highest BCUT2D eigenvalue weighted by Crippen LogP contribution is 2.52. The maximum Gasteiger partial charge on any atom is 0.311 e. The van der Waals surface area contributed by atoms with Crippen LogP contribution < -0.4 is 18.9 Å². The second-order valence-corrected chi connectivity index (χ2v) is 10.3. The third kappa shape index (κ3) is 9.38. The summed E-state index contributed by atoms with van der Waals surface area (Å²) < 4.78 is 24.8. The molecule has 202 valence electrons. The molecule has 0 saturated heterocycles. The molecule has 2 aromatic rings. The molecule has 0 fully saturated rings. The van der Waals surface area contributed by atoms with Crippen molar-refractivity contribution >= 4 is 28.3 Å². The number of esters is 1. The zero-order valence-corrected chi connectivity index (χ0v) is 23.8. The fourth-order valence-electron chi connectivity index (χ4n) is 4.02. The molecule has 0 bridgehead atoms. The third-order valence-corrected chi connectivity index (χ3v) is 5.98. The van der Waals surface area contributed by atoms with Gasteiger partial charge < -0.3 is 18.9 Å². The Morgan fingerprint density at radius 2 is 1.33 bits per heavy atom. The molecule has 0 saturated carbocycles. The van der Waals surface area contributed by atoms with Gasteiger partial charge in [-0.15, -0.1) is 0 Å². The van der Waals surface area contributed by atoms with Gasteiger partial charge in [0.15, 0.2) is 11.5 Å². The molecule has 2 aromatic carbocycles. The number of benzene rings is 2. The van der Waals surface area contributed by atoms with Crippen molar-refractivity contribution in [3.05, 3.63) is 23.2 Å². The zero-order valence-electron chi connectivity index (χ0n) is 23.1. The standard InChI is InChI=1S/C30H45ClO5/c1-7-9-11-13-14-16-26(32)36-28-24-18-17-23(31)20-25(24)27(33-19-15-12-10-8-2)29(34-21(3)4)30(28)35-22(5)6/h17-18,20-22H,7-16,19H2,1-6H3. The second-order valence-electron chi connectivity index (χ2n) is 9.89. The zero-order chi connectivity index (χ0) is 26.5. The van der Waals surface area contributed by atoms with Gasteiger partial charge in [-0.2, -0.15) is 0 Å². The summed E-state index contributed by atoms with van der Waals surface area (Å²) in [7, 11) is 0. The predicted molar refractivity (Wildman–Crippen MR) is 149 cm³/mol. The lowest BCUT2D eigenvalue weighted by Crippen LogP contribution is -2.16. The summed E-state index contributed by atoms with van der Waals surface area (Å²) in [6, 6.07) is 5.49. The van der Waals surface area contributed by atoms with Crippen molar-refractivity contribution in [1.29, 1.82) is 0 Å². The Balaban J connectivity index is 2.53. The highest BCUT2D eigenvalue weighted by Gasteiger charge is 2.28. The molecule has 0 radical (unpaired) electrons. The molecule has 0 aromatic heterocycles. The van der Waals surface area contributed by atoms with E-state index in [0.29, 0.717) is 46.4 Å². The van der Waals surface area contributed by atoms with Crippen molar-refractivity contribution < 1.29 is 23.7 Å². The van der Waals surface area contributed by atoms with Crippen molar-refractivity contribution in [2.75, 3.05) is 6.61 Å². The molecular weight excluding hydrogens is 476 g/mol. The molecule has 0 spiro atoms. The van der Waals surface area contributed by atoms with E-state index in [1.807, 2.05) is 39.8 Å². The number of hydrogen-bond donors (Lipinski definition) is 0. The Morgan fingerprint density at radius 3 is 1.94 bits per heavy atom. The Hall–Kier alpha value is -2.14. The first-order valence-corrected chi connectivity index (χ1v) is 14.1. The molecule has 0 aliphatic rings. The van der Waals surface area contributed by atoms with E-state index in [0.717, 1.165) is 43.9 Å². The van der Waals surface area contributed by atoms with Crippen molar-refractivity contribution in [2.45, 2.75) is 118 Å². The van der Waals surface area contributed by atoms with Crippen molar-refractivity contribution in [1.82, 2.24) is 0 Å². The first kappa shape index (κ1) is 30.1. The van der Waals surface area contributed by atoms with Gasteiger partial charge in [-0.3, -0.25) is 4.79 Å². The minimum Gasteiger partial charge on any atom is -0.489 e. The Bertz CT molecular complexity index is 954. The number of carbonyl (C=O) groups excluding carboxylic acids is 1. The molecule has 0 aliphatic carbocycles. The van der Waals surface area contributed by atoms with Gasteiger partial charge >= 0.3 is 5.97 Å². The summed E-state index contributed by atoms with van der Waals surface area (Å²) in [4.78, 5) is 12.9. The summed E-state index contributed by atoms with van der Waals surface area (Å²) in [5.74, 6) is 1.52. The van der Waals surface area contributed by atoms with Crippen molar-refractivity contribution in [3.63, 3.8) is 0 Å². The fourth-order valence-corrected chi connectivity index (χ4v) is 4.20.